The molecular weight excluding hydrogens is 260 g/mol. The molecule has 2 N–H and O–H groups in total. The third-order valence-electron chi connectivity index (χ3n) is 3.77. The smallest absolute Gasteiger partial charge is 0.136 e. The highest BCUT2D eigenvalue weighted by Crippen LogP contribution is 2.39. The Morgan fingerprint density at radius 3 is 2.52 bits per heavy atom. The monoisotopic (exact) mass is 282 g/mol. The highest BCUT2D eigenvalue weighted by atomic mass is 15.1. The van der Waals surface area contributed by atoms with E-state index in [2.05, 4.69) is 58.7 Å². The van der Waals surface area contributed by atoms with Crippen molar-refractivity contribution in [1.29, 1.82) is 0 Å². The highest BCUT2D eigenvalue weighted by Gasteiger charge is 2.27. The van der Waals surface area contributed by atoms with Crippen molar-refractivity contribution in [1.82, 2.24) is 9.97 Å². The van der Waals surface area contributed by atoms with Gasteiger partial charge >= 0.3 is 0 Å². The average molecular weight is 282 g/mol. The van der Waals surface area contributed by atoms with Gasteiger partial charge in [-0.3, -0.25) is 0 Å². The Morgan fingerprint density at radius 1 is 1.10 bits per heavy atom. The molecule has 1 saturated carbocycles. The highest BCUT2D eigenvalue weighted by molar-refractivity contribution is 5.60. The van der Waals surface area contributed by atoms with Gasteiger partial charge in [0.2, 0.25) is 0 Å². The van der Waals surface area contributed by atoms with Crippen molar-refractivity contribution in [3.63, 3.8) is 0 Å². The van der Waals surface area contributed by atoms with Gasteiger partial charge in [-0.2, -0.15) is 0 Å². The van der Waals surface area contributed by atoms with E-state index in [9.17, 15) is 0 Å². The zero-order valence-electron chi connectivity index (χ0n) is 12.9. The van der Waals surface area contributed by atoms with E-state index in [0.717, 1.165) is 23.1 Å². The number of hydrogen-bond acceptors (Lipinski definition) is 4. The van der Waals surface area contributed by atoms with Gasteiger partial charge in [0.25, 0.3) is 0 Å². The largest absolute Gasteiger partial charge is 0.373 e. The van der Waals surface area contributed by atoms with Gasteiger partial charge in [0, 0.05) is 24.7 Å². The maximum absolute atomic E-state index is 4.65. The minimum absolute atomic E-state index is 0.520. The van der Waals surface area contributed by atoms with Crippen LogP contribution in [0, 0.1) is 0 Å². The molecule has 21 heavy (non-hydrogen) atoms. The zero-order chi connectivity index (χ0) is 14.8. The molecule has 1 heterocycles. The van der Waals surface area contributed by atoms with Crippen LogP contribution in [0.4, 0.5) is 17.3 Å². The van der Waals surface area contributed by atoms with Gasteiger partial charge in [0.1, 0.15) is 17.5 Å². The predicted molar refractivity (Wildman–Crippen MR) is 87.4 cm³/mol. The molecule has 1 aromatic heterocycles. The van der Waals surface area contributed by atoms with Crippen LogP contribution in [0.2, 0.25) is 0 Å². The number of benzene rings is 1. The topological polar surface area (TPSA) is 49.8 Å². The average Bonchev–Trinajstić information content (AvgIpc) is 3.31. The quantitative estimate of drug-likeness (QED) is 0.860. The Balaban J connectivity index is 1.86. The first-order valence-electron chi connectivity index (χ1n) is 7.59. The molecule has 0 spiro atoms. The van der Waals surface area contributed by atoms with Gasteiger partial charge in [-0.15, -0.1) is 0 Å². The molecule has 3 rings (SSSR count). The second kappa shape index (κ2) is 5.72. The van der Waals surface area contributed by atoms with Crippen LogP contribution in [0.1, 0.15) is 49.9 Å². The van der Waals surface area contributed by atoms with Gasteiger partial charge in [-0.1, -0.05) is 26.0 Å². The van der Waals surface area contributed by atoms with Crippen molar-refractivity contribution in [2.75, 3.05) is 17.7 Å². The minimum atomic E-state index is 0.520. The van der Waals surface area contributed by atoms with Crippen LogP contribution >= 0.6 is 0 Å². The number of hydrogen-bond donors (Lipinski definition) is 2. The fraction of sp³-hybridized carbons (Fsp3) is 0.412. The van der Waals surface area contributed by atoms with E-state index in [0.29, 0.717) is 11.8 Å². The van der Waals surface area contributed by atoms with E-state index in [1.54, 1.807) is 0 Å². The number of anilines is 3. The van der Waals surface area contributed by atoms with Crippen LogP contribution in [-0.2, 0) is 0 Å². The van der Waals surface area contributed by atoms with Gasteiger partial charge < -0.3 is 10.6 Å². The van der Waals surface area contributed by atoms with Gasteiger partial charge in [0.15, 0.2) is 0 Å². The second-order valence-corrected chi connectivity index (χ2v) is 5.93. The van der Waals surface area contributed by atoms with Gasteiger partial charge in [-0.25, -0.2) is 9.97 Å². The first-order chi connectivity index (χ1) is 10.2. The lowest BCUT2D eigenvalue weighted by Crippen LogP contribution is -2.03. The Hall–Kier alpha value is -2.10. The summed E-state index contributed by atoms with van der Waals surface area (Å²) in [6, 6.07) is 10.4. The first-order valence-corrected chi connectivity index (χ1v) is 7.59. The molecule has 2 aromatic rings. The van der Waals surface area contributed by atoms with Crippen LogP contribution in [0.15, 0.2) is 30.3 Å². The summed E-state index contributed by atoms with van der Waals surface area (Å²) in [6.07, 6.45) is 2.41. The van der Waals surface area contributed by atoms with E-state index < -0.39 is 0 Å². The summed E-state index contributed by atoms with van der Waals surface area (Å²) in [7, 11) is 1.89. The van der Waals surface area contributed by atoms with Crippen LogP contribution in [0.5, 0.6) is 0 Å². The minimum Gasteiger partial charge on any atom is -0.373 e. The van der Waals surface area contributed by atoms with Crippen molar-refractivity contribution >= 4 is 17.3 Å². The number of nitrogens with zero attached hydrogens (tertiary/aromatic N) is 2. The summed E-state index contributed by atoms with van der Waals surface area (Å²) in [6.45, 7) is 4.40. The molecular formula is C17H22N4. The third-order valence-corrected chi connectivity index (χ3v) is 3.77. The summed E-state index contributed by atoms with van der Waals surface area (Å²) in [5.74, 6) is 3.74. The van der Waals surface area contributed by atoms with Crippen LogP contribution in [0.3, 0.4) is 0 Å². The fourth-order valence-corrected chi connectivity index (χ4v) is 2.31. The lowest BCUT2D eigenvalue weighted by atomic mass is 10.0. The molecule has 4 heteroatoms. The number of rotatable bonds is 5. The summed E-state index contributed by atoms with van der Waals surface area (Å²) in [4.78, 5) is 9.19. The van der Waals surface area contributed by atoms with E-state index >= 15 is 0 Å². The van der Waals surface area contributed by atoms with Crippen LogP contribution in [0.25, 0.3) is 0 Å². The lowest BCUT2D eigenvalue weighted by Gasteiger charge is -2.12. The molecule has 0 saturated heterocycles. The molecule has 1 aliphatic rings. The van der Waals surface area contributed by atoms with Crippen molar-refractivity contribution < 1.29 is 0 Å². The second-order valence-electron chi connectivity index (χ2n) is 5.93. The Kier molecular flexibility index (Phi) is 3.78. The maximum Gasteiger partial charge on any atom is 0.136 e. The Morgan fingerprint density at radius 2 is 1.86 bits per heavy atom. The van der Waals surface area contributed by atoms with Crippen molar-refractivity contribution in [3.8, 4) is 0 Å². The maximum atomic E-state index is 4.65. The first kappa shape index (κ1) is 13.9. The lowest BCUT2D eigenvalue weighted by molar-refractivity contribution is 0.867. The molecule has 1 aromatic carbocycles. The van der Waals surface area contributed by atoms with Crippen LogP contribution < -0.4 is 10.6 Å². The fourth-order valence-electron chi connectivity index (χ4n) is 2.31. The van der Waals surface area contributed by atoms with Crippen LogP contribution in [-0.4, -0.2) is 17.0 Å². The van der Waals surface area contributed by atoms with E-state index in [-0.39, 0.29) is 0 Å². The molecule has 0 aliphatic heterocycles. The Bertz CT molecular complexity index is 632. The Labute approximate surface area is 126 Å². The molecule has 110 valence electrons. The normalized spacial score (nSPS) is 14.3. The van der Waals surface area contributed by atoms with Crippen molar-refractivity contribution in [2.24, 2.45) is 0 Å². The molecule has 1 fully saturated rings. The number of aromatic nitrogens is 2. The van der Waals surface area contributed by atoms with E-state index in [1.165, 1.54) is 18.4 Å². The molecule has 1 aliphatic carbocycles. The standard InChI is InChI=1S/C17H22N4/c1-11(2)13-5-4-6-14(9-13)19-16-10-15(18-3)20-17(21-16)12-7-8-12/h4-6,9-12H,7-8H2,1-3H3,(H2,18,19,20,21). The summed E-state index contributed by atoms with van der Waals surface area (Å²) in [5.41, 5.74) is 2.40. The van der Waals surface area contributed by atoms with Crippen molar-refractivity contribution in [2.45, 2.75) is 38.5 Å². The molecule has 0 radical (unpaired) electrons. The molecule has 0 bridgehead atoms. The SMILES string of the molecule is CNc1cc(Nc2cccc(C(C)C)c2)nc(C2CC2)n1. The summed E-state index contributed by atoms with van der Waals surface area (Å²) >= 11 is 0. The molecule has 0 unspecified atom stereocenters. The van der Waals surface area contributed by atoms with E-state index in [1.807, 2.05) is 13.1 Å². The van der Waals surface area contributed by atoms with Gasteiger partial charge in [0.05, 0.1) is 0 Å². The zero-order valence-corrected chi connectivity index (χ0v) is 12.9. The summed E-state index contributed by atoms with van der Waals surface area (Å²) in [5, 5.41) is 6.52. The molecule has 0 atom stereocenters. The van der Waals surface area contributed by atoms with Crippen molar-refractivity contribution in [3.05, 3.63) is 41.7 Å². The molecule has 0 amide bonds. The van der Waals surface area contributed by atoms with E-state index in [4.69, 9.17) is 0 Å². The number of nitrogens with one attached hydrogen (secondary N) is 2. The third kappa shape index (κ3) is 3.32. The predicted octanol–water partition coefficient (Wildman–Crippen LogP) is 4.26. The molecule has 4 nitrogen and oxygen atoms in total. The summed E-state index contributed by atoms with van der Waals surface area (Å²) < 4.78 is 0. The van der Waals surface area contributed by atoms with Gasteiger partial charge in [-0.05, 0) is 36.5 Å².